The van der Waals surface area contributed by atoms with Crippen LogP contribution in [0, 0.1) is 0 Å². The topological polar surface area (TPSA) is 41.6 Å². The van der Waals surface area contributed by atoms with E-state index in [4.69, 9.17) is 5.73 Å². The smallest absolute Gasteiger partial charge is 0.191 e. The predicted molar refractivity (Wildman–Crippen MR) is 82.8 cm³/mol. The van der Waals surface area contributed by atoms with Crippen molar-refractivity contribution in [1.82, 2.24) is 4.90 Å². The fourth-order valence-electron chi connectivity index (χ4n) is 1.97. The van der Waals surface area contributed by atoms with Gasteiger partial charge >= 0.3 is 0 Å². The van der Waals surface area contributed by atoms with Gasteiger partial charge in [-0.1, -0.05) is 0 Å². The Morgan fingerprint density at radius 2 is 2.25 bits per heavy atom. The molecule has 2 aliphatic rings. The molecule has 94 valence electrons. The molecule has 0 aromatic rings. The van der Waals surface area contributed by atoms with Crippen molar-refractivity contribution in [2.24, 2.45) is 10.7 Å². The lowest BCUT2D eigenvalue weighted by Crippen LogP contribution is -2.37. The first-order valence-electron chi connectivity index (χ1n) is 5.77. The van der Waals surface area contributed by atoms with E-state index in [-0.39, 0.29) is 24.0 Å². The van der Waals surface area contributed by atoms with E-state index in [9.17, 15) is 0 Å². The number of guanidine groups is 1. The van der Waals surface area contributed by atoms with Gasteiger partial charge in [0.1, 0.15) is 0 Å². The Hall–Kier alpha value is 0.350. The second-order valence-electron chi connectivity index (χ2n) is 4.92. The molecule has 16 heavy (non-hydrogen) atoms. The van der Waals surface area contributed by atoms with E-state index in [1.807, 2.05) is 11.8 Å². The van der Waals surface area contributed by atoms with Crippen molar-refractivity contribution in [3.8, 4) is 0 Å². The maximum Gasteiger partial charge on any atom is 0.191 e. The largest absolute Gasteiger partial charge is 0.370 e. The average Bonchev–Trinajstić information content (AvgIpc) is 2.98. The Morgan fingerprint density at radius 1 is 1.56 bits per heavy atom. The molecule has 5 heteroatoms. The molecule has 1 saturated carbocycles. The van der Waals surface area contributed by atoms with Crippen LogP contribution in [-0.2, 0) is 0 Å². The Kier molecular flexibility index (Phi) is 5.22. The summed E-state index contributed by atoms with van der Waals surface area (Å²) >= 11 is 2.04. The van der Waals surface area contributed by atoms with Gasteiger partial charge in [-0.15, -0.1) is 24.0 Å². The minimum absolute atomic E-state index is 0. The van der Waals surface area contributed by atoms with Crippen LogP contribution in [0.1, 0.15) is 32.6 Å². The standard InChI is InChI=1S/C11H21N3S.HI/c1-11(6-3-7-15-11)8-13-10(12)14(2)9-4-5-9;/h9H,3-8H2,1-2H3,(H2,12,13);1H. The minimum atomic E-state index is 0. The van der Waals surface area contributed by atoms with Gasteiger partial charge in [0.05, 0.1) is 6.54 Å². The molecule has 1 saturated heterocycles. The second kappa shape index (κ2) is 5.80. The van der Waals surface area contributed by atoms with Crippen molar-refractivity contribution in [2.75, 3.05) is 19.3 Å². The predicted octanol–water partition coefficient (Wildman–Crippen LogP) is 2.30. The number of aliphatic imine (C=N–C) groups is 1. The summed E-state index contributed by atoms with van der Waals surface area (Å²) in [6.07, 6.45) is 5.16. The third-order valence-electron chi connectivity index (χ3n) is 3.33. The fraction of sp³-hybridized carbons (Fsp3) is 0.909. The monoisotopic (exact) mass is 355 g/mol. The van der Waals surface area contributed by atoms with E-state index in [0.717, 1.165) is 12.5 Å². The first kappa shape index (κ1) is 14.4. The molecule has 1 aliphatic heterocycles. The number of thioether (sulfide) groups is 1. The molecule has 2 N–H and O–H groups in total. The Balaban J connectivity index is 0.00000128. The molecule has 1 aliphatic carbocycles. The summed E-state index contributed by atoms with van der Waals surface area (Å²) in [6, 6.07) is 0.665. The van der Waals surface area contributed by atoms with Crippen molar-refractivity contribution in [3.63, 3.8) is 0 Å². The zero-order chi connectivity index (χ0) is 10.9. The maximum atomic E-state index is 5.96. The van der Waals surface area contributed by atoms with Crippen LogP contribution in [0.3, 0.4) is 0 Å². The molecule has 1 heterocycles. The highest BCUT2D eigenvalue weighted by atomic mass is 127. The van der Waals surface area contributed by atoms with Gasteiger partial charge in [0.2, 0.25) is 0 Å². The Labute approximate surface area is 120 Å². The molecule has 3 nitrogen and oxygen atoms in total. The van der Waals surface area contributed by atoms with E-state index < -0.39 is 0 Å². The van der Waals surface area contributed by atoms with Crippen LogP contribution in [0.15, 0.2) is 4.99 Å². The lowest BCUT2D eigenvalue weighted by molar-refractivity contribution is 0.484. The number of halogens is 1. The number of hydrogen-bond acceptors (Lipinski definition) is 2. The quantitative estimate of drug-likeness (QED) is 0.480. The molecule has 0 aromatic heterocycles. The summed E-state index contributed by atoms with van der Waals surface area (Å²) in [5, 5.41) is 0. The molecule has 0 radical (unpaired) electrons. The summed E-state index contributed by atoms with van der Waals surface area (Å²) in [6.45, 7) is 3.18. The molecular weight excluding hydrogens is 333 g/mol. The van der Waals surface area contributed by atoms with Crippen LogP contribution in [0.5, 0.6) is 0 Å². The van der Waals surface area contributed by atoms with Crippen LogP contribution in [-0.4, -0.2) is 41.0 Å². The van der Waals surface area contributed by atoms with Crippen LogP contribution in [0.2, 0.25) is 0 Å². The molecule has 0 aromatic carbocycles. The molecule has 0 spiro atoms. The molecule has 2 fully saturated rings. The highest BCUT2D eigenvalue weighted by Crippen LogP contribution is 2.37. The highest BCUT2D eigenvalue weighted by Gasteiger charge is 2.30. The SMILES string of the molecule is CN(C(N)=NCC1(C)CCCS1)C1CC1.I. The summed E-state index contributed by atoms with van der Waals surface area (Å²) in [7, 11) is 2.06. The number of hydrogen-bond donors (Lipinski definition) is 1. The van der Waals surface area contributed by atoms with Crippen molar-refractivity contribution in [3.05, 3.63) is 0 Å². The van der Waals surface area contributed by atoms with Gasteiger partial charge in [-0.2, -0.15) is 11.8 Å². The molecular formula is C11H22IN3S. The fourth-order valence-corrected chi connectivity index (χ4v) is 3.20. The highest BCUT2D eigenvalue weighted by molar-refractivity contribution is 14.0. The molecule has 1 unspecified atom stereocenters. The first-order valence-corrected chi connectivity index (χ1v) is 6.76. The van der Waals surface area contributed by atoms with Gasteiger partial charge in [-0.3, -0.25) is 4.99 Å². The lowest BCUT2D eigenvalue weighted by Gasteiger charge is -2.22. The normalized spacial score (nSPS) is 30.0. The zero-order valence-corrected chi connectivity index (χ0v) is 13.3. The van der Waals surface area contributed by atoms with E-state index in [0.29, 0.717) is 10.8 Å². The Morgan fingerprint density at radius 3 is 2.75 bits per heavy atom. The third-order valence-corrected chi connectivity index (χ3v) is 4.85. The summed E-state index contributed by atoms with van der Waals surface area (Å²) in [5.41, 5.74) is 5.96. The first-order chi connectivity index (χ1) is 7.11. The van der Waals surface area contributed by atoms with Crippen molar-refractivity contribution in [2.45, 2.75) is 43.4 Å². The zero-order valence-electron chi connectivity index (χ0n) is 10.1. The summed E-state index contributed by atoms with van der Waals surface area (Å²) in [5.74, 6) is 2.01. The van der Waals surface area contributed by atoms with E-state index in [1.165, 1.54) is 31.4 Å². The maximum absolute atomic E-state index is 5.96. The number of nitrogens with two attached hydrogens (primary N) is 1. The van der Waals surface area contributed by atoms with Crippen molar-refractivity contribution < 1.29 is 0 Å². The van der Waals surface area contributed by atoms with Gasteiger partial charge < -0.3 is 10.6 Å². The summed E-state index contributed by atoms with van der Waals surface area (Å²) < 4.78 is 0.342. The minimum Gasteiger partial charge on any atom is -0.370 e. The van der Waals surface area contributed by atoms with E-state index >= 15 is 0 Å². The molecule has 0 bridgehead atoms. The molecule has 1 atom stereocenters. The van der Waals surface area contributed by atoms with Crippen LogP contribution < -0.4 is 5.73 Å². The van der Waals surface area contributed by atoms with Crippen molar-refractivity contribution in [1.29, 1.82) is 0 Å². The van der Waals surface area contributed by atoms with E-state index in [2.05, 4.69) is 23.9 Å². The van der Waals surface area contributed by atoms with Crippen LogP contribution in [0.25, 0.3) is 0 Å². The average molecular weight is 355 g/mol. The van der Waals surface area contributed by atoms with E-state index in [1.54, 1.807) is 0 Å². The second-order valence-corrected chi connectivity index (χ2v) is 6.60. The third kappa shape index (κ3) is 3.68. The molecule has 2 rings (SSSR count). The van der Waals surface area contributed by atoms with Gasteiger partial charge in [-0.05, 0) is 38.4 Å². The van der Waals surface area contributed by atoms with Gasteiger partial charge in [0, 0.05) is 17.8 Å². The van der Waals surface area contributed by atoms with Gasteiger partial charge in [0.25, 0.3) is 0 Å². The summed E-state index contributed by atoms with van der Waals surface area (Å²) in [4.78, 5) is 6.67. The van der Waals surface area contributed by atoms with Crippen LogP contribution in [0.4, 0.5) is 0 Å². The number of rotatable bonds is 3. The Bertz CT molecular complexity index is 260. The molecule has 0 amide bonds. The van der Waals surface area contributed by atoms with Gasteiger partial charge in [-0.25, -0.2) is 0 Å². The van der Waals surface area contributed by atoms with Crippen LogP contribution >= 0.6 is 35.7 Å². The number of nitrogens with zero attached hydrogens (tertiary/aromatic N) is 2. The van der Waals surface area contributed by atoms with Crippen molar-refractivity contribution >= 4 is 41.7 Å². The van der Waals surface area contributed by atoms with Gasteiger partial charge in [0.15, 0.2) is 5.96 Å². The lowest BCUT2D eigenvalue weighted by atomic mass is 10.1.